The Kier molecular flexibility index (Phi) is 4.05. The van der Waals surface area contributed by atoms with Crippen LogP contribution >= 0.6 is 0 Å². The molecule has 0 radical (unpaired) electrons. The van der Waals surface area contributed by atoms with Crippen molar-refractivity contribution >= 4 is 5.91 Å². The highest BCUT2D eigenvalue weighted by Gasteiger charge is 2.16. The van der Waals surface area contributed by atoms with E-state index in [1.807, 2.05) is 6.92 Å². The number of nitrogens with zero attached hydrogens (tertiary/aromatic N) is 1. The molecule has 3 nitrogen and oxygen atoms in total. The number of likely N-dealkylation sites (N-methyl/N-ethyl adjacent to an activating group) is 1. The molecule has 86 valence electrons. The first-order valence-electron chi connectivity index (χ1n) is 4.98. The van der Waals surface area contributed by atoms with E-state index in [1.54, 1.807) is 6.08 Å². The van der Waals surface area contributed by atoms with Gasteiger partial charge in [0.1, 0.15) is 11.6 Å². The molecule has 0 aromatic heterocycles. The minimum absolute atomic E-state index is 0.102. The number of carbonyl (C=O) groups is 1. The number of hydrogen-bond donors (Lipinski definition) is 1. The quantitative estimate of drug-likeness (QED) is 0.795. The second-order valence-electron chi connectivity index (χ2n) is 3.29. The zero-order chi connectivity index (χ0) is 12.1. The zero-order valence-corrected chi connectivity index (χ0v) is 9.11. The van der Waals surface area contributed by atoms with Crippen molar-refractivity contribution in [3.63, 3.8) is 0 Å². The number of aromatic hydroxyl groups is 1. The first kappa shape index (κ1) is 12.2. The lowest BCUT2D eigenvalue weighted by molar-refractivity contribution is 0.0779. The average molecular weight is 223 g/mol. The second kappa shape index (κ2) is 5.30. The molecule has 0 bridgehead atoms. The molecule has 0 heterocycles. The van der Waals surface area contributed by atoms with Crippen LogP contribution in [0.15, 0.2) is 30.9 Å². The molecule has 0 saturated heterocycles. The highest BCUT2D eigenvalue weighted by atomic mass is 19.1. The molecule has 4 heteroatoms. The molecular weight excluding hydrogens is 209 g/mol. The molecule has 16 heavy (non-hydrogen) atoms. The molecule has 1 aromatic carbocycles. The first-order chi connectivity index (χ1) is 7.60. The lowest BCUT2D eigenvalue weighted by Crippen LogP contribution is -2.30. The van der Waals surface area contributed by atoms with Crippen LogP contribution in [-0.4, -0.2) is 29.0 Å². The van der Waals surface area contributed by atoms with E-state index in [9.17, 15) is 14.3 Å². The third-order valence-electron chi connectivity index (χ3n) is 2.21. The monoisotopic (exact) mass is 223 g/mol. The third kappa shape index (κ3) is 2.59. The van der Waals surface area contributed by atoms with Crippen molar-refractivity contribution in [2.75, 3.05) is 13.1 Å². The summed E-state index contributed by atoms with van der Waals surface area (Å²) in [6, 6.07) is 3.35. The Hall–Kier alpha value is -1.84. The molecular formula is C12H14FNO2. The maximum absolute atomic E-state index is 12.7. The molecule has 0 spiro atoms. The van der Waals surface area contributed by atoms with Gasteiger partial charge in [0.25, 0.3) is 5.91 Å². The standard InChI is InChI=1S/C12H14FNO2/c1-3-7-14(4-2)12(16)10-6-5-9(13)8-11(10)15/h3,5-6,8,15H,1,4,7H2,2H3. The highest BCUT2D eigenvalue weighted by Crippen LogP contribution is 2.19. The molecule has 1 amide bonds. The van der Waals surface area contributed by atoms with Crippen LogP contribution in [0.1, 0.15) is 17.3 Å². The van der Waals surface area contributed by atoms with E-state index in [-0.39, 0.29) is 17.2 Å². The van der Waals surface area contributed by atoms with Crippen LogP contribution in [0.4, 0.5) is 4.39 Å². The smallest absolute Gasteiger partial charge is 0.257 e. The van der Waals surface area contributed by atoms with Gasteiger partial charge in [0.05, 0.1) is 5.56 Å². The Bertz CT molecular complexity index is 404. The van der Waals surface area contributed by atoms with E-state index >= 15 is 0 Å². The molecule has 0 aliphatic heterocycles. The molecule has 0 saturated carbocycles. The number of phenolic OH excluding ortho intramolecular Hbond substituents is 1. The van der Waals surface area contributed by atoms with Gasteiger partial charge in [-0.2, -0.15) is 0 Å². The number of halogens is 1. The maximum Gasteiger partial charge on any atom is 0.257 e. The van der Waals surface area contributed by atoms with Crippen molar-refractivity contribution in [2.24, 2.45) is 0 Å². The molecule has 0 atom stereocenters. The number of carbonyl (C=O) groups excluding carboxylic acids is 1. The van der Waals surface area contributed by atoms with Gasteiger partial charge in [-0.05, 0) is 19.1 Å². The van der Waals surface area contributed by atoms with Crippen LogP contribution in [0.3, 0.4) is 0 Å². The fourth-order valence-corrected chi connectivity index (χ4v) is 1.37. The first-order valence-corrected chi connectivity index (χ1v) is 4.98. The molecule has 1 N–H and O–H groups in total. The molecule has 0 unspecified atom stereocenters. The van der Waals surface area contributed by atoms with Gasteiger partial charge in [0.15, 0.2) is 0 Å². The minimum atomic E-state index is -0.569. The van der Waals surface area contributed by atoms with Crippen molar-refractivity contribution < 1.29 is 14.3 Å². The van der Waals surface area contributed by atoms with Crippen LogP contribution in [0.5, 0.6) is 5.75 Å². The van der Waals surface area contributed by atoms with Gasteiger partial charge in [-0.1, -0.05) is 6.08 Å². The van der Waals surface area contributed by atoms with E-state index in [0.717, 1.165) is 12.1 Å². The molecule has 1 rings (SSSR count). The maximum atomic E-state index is 12.7. The number of phenols is 1. The Morgan fingerprint density at radius 1 is 1.62 bits per heavy atom. The van der Waals surface area contributed by atoms with E-state index < -0.39 is 5.82 Å². The van der Waals surface area contributed by atoms with Crippen molar-refractivity contribution in [3.8, 4) is 5.75 Å². The fraction of sp³-hybridized carbons (Fsp3) is 0.250. The SMILES string of the molecule is C=CCN(CC)C(=O)c1ccc(F)cc1O. The lowest BCUT2D eigenvalue weighted by atomic mass is 10.1. The third-order valence-corrected chi connectivity index (χ3v) is 2.21. The van der Waals surface area contributed by atoms with Gasteiger partial charge in [0.2, 0.25) is 0 Å². The van der Waals surface area contributed by atoms with Crippen molar-refractivity contribution in [3.05, 3.63) is 42.2 Å². The Balaban J connectivity index is 2.98. The number of amides is 1. The second-order valence-corrected chi connectivity index (χ2v) is 3.29. The van der Waals surface area contributed by atoms with E-state index in [4.69, 9.17) is 0 Å². The summed E-state index contributed by atoms with van der Waals surface area (Å²) >= 11 is 0. The highest BCUT2D eigenvalue weighted by molar-refractivity contribution is 5.96. The molecule has 1 aromatic rings. The number of rotatable bonds is 4. The molecule has 0 aliphatic carbocycles. The van der Waals surface area contributed by atoms with Crippen LogP contribution < -0.4 is 0 Å². The van der Waals surface area contributed by atoms with Crippen molar-refractivity contribution in [2.45, 2.75) is 6.92 Å². The Morgan fingerprint density at radius 3 is 2.81 bits per heavy atom. The van der Waals surface area contributed by atoms with Gasteiger partial charge >= 0.3 is 0 Å². The van der Waals surface area contributed by atoms with Crippen molar-refractivity contribution in [1.29, 1.82) is 0 Å². The molecule has 0 aliphatic rings. The van der Waals surface area contributed by atoms with Crippen LogP contribution in [0.25, 0.3) is 0 Å². The van der Waals surface area contributed by atoms with Gasteiger partial charge < -0.3 is 10.0 Å². The lowest BCUT2D eigenvalue weighted by Gasteiger charge is -2.19. The Morgan fingerprint density at radius 2 is 2.31 bits per heavy atom. The summed E-state index contributed by atoms with van der Waals surface area (Å²) in [5, 5.41) is 9.46. The van der Waals surface area contributed by atoms with Gasteiger partial charge in [-0.3, -0.25) is 4.79 Å². The summed E-state index contributed by atoms with van der Waals surface area (Å²) in [7, 11) is 0. The summed E-state index contributed by atoms with van der Waals surface area (Å²) in [4.78, 5) is 13.4. The van der Waals surface area contributed by atoms with E-state index in [0.29, 0.717) is 13.1 Å². The molecule has 0 fully saturated rings. The summed E-state index contributed by atoms with van der Waals surface area (Å²) in [5.74, 6) is -1.24. The van der Waals surface area contributed by atoms with Crippen LogP contribution in [0.2, 0.25) is 0 Å². The van der Waals surface area contributed by atoms with Crippen LogP contribution in [-0.2, 0) is 0 Å². The van der Waals surface area contributed by atoms with E-state index in [1.165, 1.54) is 11.0 Å². The van der Waals surface area contributed by atoms with Gasteiger partial charge in [-0.15, -0.1) is 6.58 Å². The largest absolute Gasteiger partial charge is 0.507 e. The Labute approximate surface area is 93.8 Å². The predicted molar refractivity (Wildman–Crippen MR) is 59.8 cm³/mol. The summed E-state index contributed by atoms with van der Waals surface area (Å²) in [5.41, 5.74) is 0.102. The zero-order valence-electron chi connectivity index (χ0n) is 9.11. The number of hydrogen-bond acceptors (Lipinski definition) is 2. The topological polar surface area (TPSA) is 40.5 Å². The number of benzene rings is 1. The van der Waals surface area contributed by atoms with Crippen molar-refractivity contribution in [1.82, 2.24) is 4.90 Å². The van der Waals surface area contributed by atoms with Crippen LogP contribution in [0, 0.1) is 5.82 Å². The van der Waals surface area contributed by atoms with Gasteiger partial charge in [0, 0.05) is 19.2 Å². The average Bonchev–Trinajstić information content (AvgIpc) is 2.25. The summed E-state index contributed by atoms with van der Waals surface area (Å²) in [6.45, 7) is 6.26. The summed E-state index contributed by atoms with van der Waals surface area (Å²) in [6.07, 6.45) is 1.60. The van der Waals surface area contributed by atoms with E-state index in [2.05, 4.69) is 6.58 Å². The normalized spacial score (nSPS) is 9.88. The summed E-state index contributed by atoms with van der Waals surface area (Å²) < 4.78 is 12.7. The minimum Gasteiger partial charge on any atom is -0.507 e. The predicted octanol–water partition coefficient (Wildman–Crippen LogP) is 2.18. The van der Waals surface area contributed by atoms with Gasteiger partial charge in [-0.25, -0.2) is 4.39 Å². The fourth-order valence-electron chi connectivity index (χ4n) is 1.37.